The Morgan fingerprint density at radius 3 is 2.37 bits per heavy atom. The van der Waals surface area contributed by atoms with Crippen LogP contribution in [-0.4, -0.2) is 75.1 Å². The molecule has 2 saturated heterocycles. The SMILES string of the molecule is CC(OCC1CCCO1)C(=O)N1CCN(S(=O)(=O)c2ccc(C(F)(F)F)cc2)CC1. The molecule has 2 heterocycles. The van der Waals surface area contributed by atoms with Crippen molar-refractivity contribution in [3.05, 3.63) is 29.8 Å². The molecule has 1 aromatic carbocycles. The number of benzene rings is 1. The molecule has 0 bridgehead atoms. The third-order valence-electron chi connectivity index (χ3n) is 5.27. The molecule has 2 fully saturated rings. The van der Waals surface area contributed by atoms with Gasteiger partial charge in [-0.3, -0.25) is 4.79 Å². The second-order valence-corrected chi connectivity index (χ2v) is 9.30. The van der Waals surface area contributed by atoms with Gasteiger partial charge in [0.05, 0.1) is 23.2 Å². The zero-order chi connectivity index (χ0) is 21.9. The van der Waals surface area contributed by atoms with Crippen LogP contribution in [0.25, 0.3) is 0 Å². The van der Waals surface area contributed by atoms with E-state index in [-0.39, 0.29) is 43.1 Å². The van der Waals surface area contributed by atoms with Gasteiger partial charge in [0.15, 0.2) is 0 Å². The predicted molar refractivity (Wildman–Crippen MR) is 101 cm³/mol. The molecule has 2 aliphatic heterocycles. The molecule has 3 rings (SSSR count). The van der Waals surface area contributed by atoms with Crippen LogP contribution in [0, 0.1) is 0 Å². The van der Waals surface area contributed by atoms with Crippen molar-refractivity contribution in [3.63, 3.8) is 0 Å². The van der Waals surface area contributed by atoms with Crippen molar-refractivity contribution in [2.75, 3.05) is 39.4 Å². The molecule has 0 aromatic heterocycles. The summed E-state index contributed by atoms with van der Waals surface area (Å²) < 4.78 is 75.7. The second kappa shape index (κ2) is 9.21. The number of rotatable bonds is 6. The van der Waals surface area contributed by atoms with E-state index in [1.807, 2.05) is 0 Å². The smallest absolute Gasteiger partial charge is 0.376 e. The lowest BCUT2D eigenvalue weighted by Gasteiger charge is -2.35. The highest BCUT2D eigenvalue weighted by molar-refractivity contribution is 7.89. The Morgan fingerprint density at radius 1 is 1.20 bits per heavy atom. The number of hydrogen-bond donors (Lipinski definition) is 0. The van der Waals surface area contributed by atoms with Gasteiger partial charge in [0.25, 0.3) is 5.91 Å². The molecule has 30 heavy (non-hydrogen) atoms. The molecular weight excluding hydrogens is 425 g/mol. The Kier molecular flexibility index (Phi) is 7.05. The molecule has 168 valence electrons. The number of carbonyl (C=O) groups is 1. The standard InChI is InChI=1S/C19H25F3N2O5S/c1-14(29-13-16-3-2-12-28-16)18(25)23-8-10-24(11-9-23)30(26,27)17-6-4-15(5-7-17)19(20,21)22/h4-7,14,16H,2-3,8-13H2,1H3. The first kappa shape index (κ1) is 23.0. The Morgan fingerprint density at radius 2 is 1.83 bits per heavy atom. The van der Waals surface area contributed by atoms with Crippen LogP contribution in [0.15, 0.2) is 29.2 Å². The molecule has 1 amide bonds. The lowest BCUT2D eigenvalue weighted by molar-refractivity contribution is -0.145. The Balaban J connectivity index is 1.54. The molecule has 11 heteroatoms. The van der Waals surface area contributed by atoms with E-state index in [4.69, 9.17) is 9.47 Å². The zero-order valence-electron chi connectivity index (χ0n) is 16.6. The Hall–Kier alpha value is -1.69. The van der Waals surface area contributed by atoms with E-state index in [1.165, 1.54) is 4.31 Å². The third kappa shape index (κ3) is 5.32. The quantitative estimate of drug-likeness (QED) is 0.664. The first-order valence-electron chi connectivity index (χ1n) is 9.78. The first-order valence-corrected chi connectivity index (χ1v) is 11.2. The maximum absolute atomic E-state index is 12.7. The number of piperazine rings is 1. The van der Waals surface area contributed by atoms with Gasteiger partial charge in [-0.15, -0.1) is 0 Å². The largest absolute Gasteiger partial charge is 0.416 e. The first-order chi connectivity index (χ1) is 14.1. The van der Waals surface area contributed by atoms with E-state index in [0.717, 1.165) is 37.1 Å². The van der Waals surface area contributed by atoms with E-state index in [2.05, 4.69) is 0 Å². The lowest BCUT2D eigenvalue weighted by Crippen LogP contribution is -2.52. The molecule has 2 unspecified atom stereocenters. The second-order valence-electron chi connectivity index (χ2n) is 7.36. The van der Waals surface area contributed by atoms with Gasteiger partial charge in [-0.2, -0.15) is 17.5 Å². The van der Waals surface area contributed by atoms with Gasteiger partial charge >= 0.3 is 6.18 Å². The number of ether oxygens (including phenoxy) is 2. The van der Waals surface area contributed by atoms with Crippen LogP contribution in [0.1, 0.15) is 25.3 Å². The average molecular weight is 450 g/mol. The van der Waals surface area contributed by atoms with E-state index in [9.17, 15) is 26.4 Å². The number of amides is 1. The molecule has 0 N–H and O–H groups in total. The highest BCUT2D eigenvalue weighted by atomic mass is 32.2. The normalized spacial score (nSPS) is 22.3. The summed E-state index contributed by atoms with van der Waals surface area (Å²) >= 11 is 0. The number of hydrogen-bond acceptors (Lipinski definition) is 5. The molecule has 1 aromatic rings. The summed E-state index contributed by atoms with van der Waals surface area (Å²) in [6, 6.07) is 3.41. The lowest BCUT2D eigenvalue weighted by atomic mass is 10.2. The highest BCUT2D eigenvalue weighted by Gasteiger charge is 2.34. The van der Waals surface area contributed by atoms with E-state index >= 15 is 0 Å². The van der Waals surface area contributed by atoms with Crippen LogP contribution < -0.4 is 0 Å². The van der Waals surface area contributed by atoms with Gasteiger partial charge in [-0.25, -0.2) is 8.42 Å². The summed E-state index contributed by atoms with van der Waals surface area (Å²) in [6.07, 6.45) is -3.30. The third-order valence-corrected chi connectivity index (χ3v) is 7.19. The van der Waals surface area contributed by atoms with Crippen molar-refractivity contribution >= 4 is 15.9 Å². The monoisotopic (exact) mass is 450 g/mol. The van der Waals surface area contributed by atoms with E-state index in [1.54, 1.807) is 11.8 Å². The Labute approximate surface area is 173 Å². The van der Waals surface area contributed by atoms with Crippen molar-refractivity contribution in [1.82, 2.24) is 9.21 Å². The summed E-state index contributed by atoms with van der Waals surface area (Å²) in [4.78, 5) is 13.9. The molecule has 2 atom stereocenters. The number of alkyl halides is 3. The van der Waals surface area contributed by atoms with Crippen LogP contribution in [0.2, 0.25) is 0 Å². The number of sulfonamides is 1. The summed E-state index contributed by atoms with van der Waals surface area (Å²) in [5, 5.41) is 0. The molecule has 7 nitrogen and oxygen atoms in total. The van der Waals surface area contributed by atoms with Gasteiger partial charge in [-0.1, -0.05) is 0 Å². The fourth-order valence-electron chi connectivity index (χ4n) is 3.47. The summed E-state index contributed by atoms with van der Waals surface area (Å²) in [5.41, 5.74) is -0.908. The van der Waals surface area contributed by atoms with E-state index in [0.29, 0.717) is 13.2 Å². The summed E-state index contributed by atoms with van der Waals surface area (Å²) in [5.74, 6) is -0.223. The number of nitrogens with zero attached hydrogens (tertiary/aromatic N) is 2. The predicted octanol–water partition coefficient (Wildman–Crippen LogP) is 2.12. The van der Waals surface area contributed by atoms with E-state index < -0.39 is 27.9 Å². The highest BCUT2D eigenvalue weighted by Crippen LogP contribution is 2.30. The number of carbonyl (C=O) groups excluding carboxylic acids is 1. The van der Waals surface area contributed by atoms with Gasteiger partial charge in [0, 0.05) is 32.8 Å². The van der Waals surface area contributed by atoms with Gasteiger partial charge in [-0.05, 0) is 44.0 Å². The molecule has 0 radical (unpaired) electrons. The van der Waals surface area contributed by atoms with Crippen molar-refractivity contribution in [2.45, 2.75) is 43.0 Å². The Bertz CT molecular complexity index is 831. The minimum absolute atomic E-state index is 0.00553. The molecule has 0 aliphatic carbocycles. The van der Waals surface area contributed by atoms with Crippen LogP contribution in [0.4, 0.5) is 13.2 Å². The van der Waals surface area contributed by atoms with Crippen molar-refractivity contribution in [1.29, 1.82) is 0 Å². The minimum Gasteiger partial charge on any atom is -0.376 e. The zero-order valence-corrected chi connectivity index (χ0v) is 17.4. The van der Waals surface area contributed by atoms with Crippen LogP contribution >= 0.6 is 0 Å². The summed E-state index contributed by atoms with van der Waals surface area (Å²) in [7, 11) is -3.93. The molecular formula is C19H25F3N2O5S. The molecule has 0 spiro atoms. The maximum Gasteiger partial charge on any atom is 0.416 e. The molecule has 0 saturated carbocycles. The van der Waals surface area contributed by atoms with Gasteiger partial charge in [0.2, 0.25) is 10.0 Å². The van der Waals surface area contributed by atoms with Crippen LogP contribution in [0.5, 0.6) is 0 Å². The molecule has 2 aliphatic rings. The number of halogens is 3. The maximum atomic E-state index is 12.7. The summed E-state index contributed by atoms with van der Waals surface area (Å²) in [6.45, 7) is 3.20. The minimum atomic E-state index is -4.53. The van der Waals surface area contributed by atoms with Gasteiger partial charge < -0.3 is 14.4 Å². The van der Waals surface area contributed by atoms with Crippen molar-refractivity contribution in [3.8, 4) is 0 Å². The average Bonchev–Trinajstić information content (AvgIpc) is 3.24. The van der Waals surface area contributed by atoms with Crippen molar-refractivity contribution in [2.24, 2.45) is 0 Å². The van der Waals surface area contributed by atoms with Crippen molar-refractivity contribution < 1.29 is 35.9 Å². The van der Waals surface area contributed by atoms with Crippen LogP contribution in [-0.2, 0) is 30.5 Å². The fraction of sp³-hybridized carbons (Fsp3) is 0.632. The van der Waals surface area contributed by atoms with Crippen LogP contribution in [0.3, 0.4) is 0 Å². The fourth-order valence-corrected chi connectivity index (χ4v) is 4.89. The topological polar surface area (TPSA) is 76.2 Å². The van der Waals surface area contributed by atoms with Gasteiger partial charge in [0.1, 0.15) is 6.10 Å².